The van der Waals surface area contributed by atoms with Crippen molar-refractivity contribution in [3.63, 3.8) is 0 Å². The lowest BCUT2D eigenvalue weighted by atomic mass is 10.0. The lowest BCUT2D eigenvalue weighted by Gasteiger charge is -2.14. The van der Waals surface area contributed by atoms with Crippen LogP contribution in [0.15, 0.2) is 48.9 Å². The number of nitrogens with one attached hydrogen (secondary N) is 2. The van der Waals surface area contributed by atoms with Crippen molar-refractivity contribution < 1.29 is 32.3 Å². The van der Waals surface area contributed by atoms with Gasteiger partial charge in [0.05, 0.1) is 25.1 Å². The highest BCUT2D eigenvalue weighted by Gasteiger charge is 2.32. The van der Waals surface area contributed by atoms with Crippen molar-refractivity contribution in [2.24, 2.45) is 0 Å². The average Bonchev–Trinajstić information content (AvgIpc) is 3.25. The van der Waals surface area contributed by atoms with Gasteiger partial charge < -0.3 is 15.4 Å². The van der Waals surface area contributed by atoms with Crippen molar-refractivity contribution >= 4 is 23.6 Å². The number of anilines is 1. The van der Waals surface area contributed by atoms with Gasteiger partial charge in [0.15, 0.2) is 0 Å². The number of benzene rings is 1. The summed E-state index contributed by atoms with van der Waals surface area (Å²) in [7, 11) is 1.31. The third kappa shape index (κ3) is 5.65. The molecule has 0 unspecified atom stereocenters. The van der Waals surface area contributed by atoms with E-state index in [1.807, 2.05) is 0 Å². The molecule has 2 heterocycles. The fourth-order valence-electron chi connectivity index (χ4n) is 3.91. The van der Waals surface area contributed by atoms with Gasteiger partial charge in [-0.25, -0.2) is 14.8 Å². The quantitative estimate of drug-likeness (QED) is 0.499. The number of carbonyl (C=O) groups is 3. The van der Waals surface area contributed by atoms with E-state index in [1.165, 1.54) is 19.2 Å². The highest BCUT2D eigenvalue weighted by Crippen LogP contribution is 2.32. The highest BCUT2D eigenvalue weighted by molar-refractivity contribution is 5.95. The molecule has 0 bridgehead atoms. The lowest BCUT2D eigenvalue weighted by Crippen LogP contribution is -2.28. The van der Waals surface area contributed by atoms with Crippen LogP contribution in [0.2, 0.25) is 0 Å². The van der Waals surface area contributed by atoms with Crippen molar-refractivity contribution in [3.05, 3.63) is 82.6 Å². The second-order valence-electron chi connectivity index (χ2n) is 8.03. The summed E-state index contributed by atoms with van der Waals surface area (Å²) in [6.45, 7) is 0. The van der Waals surface area contributed by atoms with Gasteiger partial charge in [0.1, 0.15) is 23.5 Å². The second kappa shape index (κ2) is 10.1. The van der Waals surface area contributed by atoms with Gasteiger partial charge in [-0.1, -0.05) is 6.07 Å². The summed E-state index contributed by atoms with van der Waals surface area (Å²) in [4.78, 5) is 48.0. The average molecular weight is 499 g/mol. The van der Waals surface area contributed by atoms with Crippen LogP contribution in [0.25, 0.3) is 0 Å². The summed E-state index contributed by atoms with van der Waals surface area (Å²) < 4.78 is 43.2. The number of hydrogen-bond donors (Lipinski definition) is 2. The Kier molecular flexibility index (Phi) is 6.95. The number of esters is 1. The molecule has 36 heavy (non-hydrogen) atoms. The second-order valence-corrected chi connectivity index (χ2v) is 8.03. The zero-order valence-electron chi connectivity index (χ0n) is 18.9. The van der Waals surface area contributed by atoms with E-state index in [2.05, 4.69) is 25.6 Å². The normalized spacial score (nSPS) is 14.6. The SMILES string of the molecule is COC(=O)c1ccc2c(c1)CC[C@@H]2NC(=O)c1cc(NC(=O)Cc2ccnc(C(F)(F)F)c2)ncn1. The summed E-state index contributed by atoms with van der Waals surface area (Å²) in [6, 6.07) is 8.24. The molecule has 2 amide bonds. The van der Waals surface area contributed by atoms with Crippen LogP contribution >= 0.6 is 0 Å². The number of aromatic nitrogens is 3. The molecule has 0 saturated heterocycles. The largest absolute Gasteiger partial charge is 0.465 e. The Hall–Kier alpha value is -4.35. The van der Waals surface area contributed by atoms with Gasteiger partial charge in [-0.3, -0.25) is 14.6 Å². The first-order chi connectivity index (χ1) is 17.1. The molecule has 9 nitrogen and oxygen atoms in total. The maximum atomic E-state index is 12.8. The van der Waals surface area contributed by atoms with E-state index in [0.717, 1.165) is 29.7 Å². The van der Waals surface area contributed by atoms with Crippen LogP contribution in [0, 0.1) is 0 Å². The van der Waals surface area contributed by atoms with E-state index in [1.54, 1.807) is 18.2 Å². The van der Waals surface area contributed by atoms with Gasteiger partial charge in [0.25, 0.3) is 5.91 Å². The van der Waals surface area contributed by atoms with Gasteiger partial charge in [0, 0.05) is 12.3 Å². The fourth-order valence-corrected chi connectivity index (χ4v) is 3.91. The third-order valence-electron chi connectivity index (χ3n) is 5.59. The van der Waals surface area contributed by atoms with E-state index in [9.17, 15) is 27.6 Å². The number of fused-ring (bicyclic) bond motifs is 1. The number of hydrogen-bond acceptors (Lipinski definition) is 7. The number of rotatable bonds is 6. The van der Waals surface area contributed by atoms with Gasteiger partial charge in [-0.05, 0) is 53.8 Å². The summed E-state index contributed by atoms with van der Waals surface area (Å²) in [5.41, 5.74) is 1.28. The Balaban J connectivity index is 1.40. The molecule has 0 aliphatic heterocycles. The Labute approximate surface area is 203 Å². The van der Waals surface area contributed by atoms with Crippen molar-refractivity contribution in [2.75, 3.05) is 12.4 Å². The molecule has 1 aliphatic carbocycles. The first kappa shape index (κ1) is 24.8. The minimum Gasteiger partial charge on any atom is -0.465 e. The number of amides is 2. The van der Waals surface area contributed by atoms with Crippen LogP contribution in [-0.2, 0) is 28.5 Å². The zero-order valence-corrected chi connectivity index (χ0v) is 18.9. The molecular weight excluding hydrogens is 479 g/mol. The molecule has 1 atom stereocenters. The van der Waals surface area contributed by atoms with Crippen molar-refractivity contribution in [1.82, 2.24) is 20.3 Å². The first-order valence-corrected chi connectivity index (χ1v) is 10.8. The first-order valence-electron chi connectivity index (χ1n) is 10.8. The van der Waals surface area contributed by atoms with Crippen molar-refractivity contribution in [1.29, 1.82) is 0 Å². The van der Waals surface area contributed by atoms with Gasteiger partial charge >= 0.3 is 12.1 Å². The maximum Gasteiger partial charge on any atom is 0.433 e. The van der Waals surface area contributed by atoms with Crippen LogP contribution in [0.5, 0.6) is 0 Å². The molecule has 0 radical (unpaired) electrons. The van der Waals surface area contributed by atoms with E-state index < -0.39 is 29.7 Å². The smallest absolute Gasteiger partial charge is 0.433 e. The third-order valence-corrected chi connectivity index (χ3v) is 5.59. The highest BCUT2D eigenvalue weighted by atomic mass is 19.4. The predicted molar refractivity (Wildman–Crippen MR) is 120 cm³/mol. The Morgan fingerprint density at radius 1 is 1.08 bits per heavy atom. The molecule has 1 aliphatic rings. The van der Waals surface area contributed by atoms with Crippen molar-refractivity contribution in [2.45, 2.75) is 31.5 Å². The molecule has 1 aromatic carbocycles. The molecule has 4 rings (SSSR count). The zero-order chi connectivity index (χ0) is 25.9. The van der Waals surface area contributed by atoms with Crippen LogP contribution < -0.4 is 10.6 Å². The van der Waals surface area contributed by atoms with Gasteiger partial charge in [-0.15, -0.1) is 0 Å². The lowest BCUT2D eigenvalue weighted by molar-refractivity contribution is -0.141. The molecular formula is C24H20F3N5O4. The maximum absolute atomic E-state index is 12.8. The van der Waals surface area contributed by atoms with E-state index in [4.69, 9.17) is 4.74 Å². The van der Waals surface area contributed by atoms with Crippen LogP contribution in [0.3, 0.4) is 0 Å². The molecule has 3 aromatic rings. The monoisotopic (exact) mass is 499 g/mol. The molecule has 12 heteroatoms. The van der Waals surface area contributed by atoms with E-state index in [0.29, 0.717) is 18.4 Å². The molecule has 2 aromatic heterocycles. The number of ether oxygens (including phenoxy) is 1. The van der Waals surface area contributed by atoms with Crippen LogP contribution in [-0.4, -0.2) is 39.8 Å². The van der Waals surface area contributed by atoms with Crippen LogP contribution in [0.4, 0.5) is 19.0 Å². The predicted octanol–water partition coefficient (Wildman–Crippen LogP) is 3.28. The minimum atomic E-state index is -4.62. The Morgan fingerprint density at radius 3 is 2.64 bits per heavy atom. The summed E-state index contributed by atoms with van der Waals surface area (Å²) >= 11 is 0. The number of halogens is 3. The number of carbonyl (C=O) groups excluding carboxylic acids is 3. The molecule has 2 N–H and O–H groups in total. The number of aryl methyl sites for hydroxylation is 1. The van der Waals surface area contributed by atoms with E-state index >= 15 is 0 Å². The fraction of sp³-hybridized carbons (Fsp3) is 0.250. The number of pyridine rings is 1. The summed E-state index contributed by atoms with van der Waals surface area (Å²) in [5.74, 6) is -1.53. The van der Waals surface area contributed by atoms with Crippen molar-refractivity contribution in [3.8, 4) is 0 Å². The number of methoxy groups -OCH3 is 1. The molecule has 0 saturated carbocycles. The molecule has 0 spiro atoms. The standard InChI is InChI=1S/C24H20F3N5O4/c1-36-23(35)15-2-4-16-14(10-15)3-5-17(16)31-22(34)18-11-20(30-12-29-18)32-21(33)9-13-6-7-28-19(8-13)24(25,26)27/h2,4,6-8,10-12,17H,3,5,9H2,1H3,(H,31,34)(H,29,30,32,33)/t17-/m0/s1. The molecule has 0 fully saturated rings. The topological polar surface area (TPSA) is 123 Å². The summed E-state index contributed by atoms with van der Waals surface area (Å²) in [6.07, 6.45) is -1.58. The Bertz CT molecular complexity index is 1330. The minimum absolute atomic E-state index is 0.00296. The number of alkyl halides is 3. The van der Waals surface area contributed by atoms with E-state index in [-0.39, 0.29) is 29.5 Å². The van der Waals surface area contributed by atoms with Gasteiger partial charge in [-0.2, -0.15) is 13.2 Å². The summed E-state index contributed by atoms with van der Waals surface area (Å²) in [5, 5.41) is 5.34. The van der Waals surface area contributed by atoms with Gasteiger partial charge in [0.2, 0.25) is 5.91 Å². The Morgan fingerprint density at radius 2 is 1.89 bits per heavy atom. The molecule has 186 valence electrons. The van der Waals surface area contributed by atoms with Crippen LogP contribution in [0.1, 0.15) is 55.7 Å². The number of nitrogens with zero attached hydrogens (tertiary/aromatic N) is 3.